The maximum atomic E-state index is 12.8. The molecule has 2 aromatic carbocycles. The summed E-state index contributed by atoms with van der Waals surface area (Å²) in [5, 5.41) is 5.86. The Morgan fingerprint density at radius 2 is 1.73 bits per heavy atom. The molecule has 0 aliphatic carbocycles. The van der Waals surface area contributed by atoms with Crippen molar-refractivity contribution in [3.05, 3.63) is 65.7 Å². The van der Waals surface area contributed by atoms with Crippen LogP contribution in [0.5, 0.6) is 0 Å². The number of nitrogens with one attached hydrogen (secondary N) is 2. The lowest BCUT2D eigenvalue weighted by atomic mass is 9.95. The van der Waals surface area contributed by atoms with E-state index in [1.54, 1.807) is 19.2 Å². The minimum atomic E-state index is -0.181. The average Bonchev–Trinajstić information content (AvgIpc) is 2.78. The zero-order valence-electron chi connectivity index (χ0n) is 17.6. The number of para-hydroxylation sites is 1. The van der Waals surface area contributed by atoms with Gasteiger partial charge >= 0.3 is 0 Å². The van der Waals surface area contributed by atoms with Gasteiger partial charge in [-0.15, -0.1) is 0 Å². The van der Waals surface area contributed by atoms with E-state index >= 15 is 0 Å². The molecule has 3 rings (SSSR count). The quantitative estimate of drug-likeness (QED) is 0.624. The zero-order chi connectivity index (χ0) is 21.2. The van der Waals surface area contributed by atoms with Crippen LogP contribution in [-0.2, 0) is 16.1 Å². The van der Waals surface area contributed by atoms with Crippen molar-refractivity contribution >= 4 is 17.5 Å². The third-order valence-corrected chi connectivity index (χ3v) is 5.45. The van der Waals surface area contributed by atoms with Crippen molar-refractivity contribution in [1.29, 1.82) is 0 Å². The van der Waals surface area contributed by atoms with Gasteiger partial charge in [-0.25, -0.2) is 0 Å². The van der Waals surface area contributed by atoms with Crippen LogP contribution in [0.25, 0.3) is 0 Å². The summed E-state index contributed by atoms with van der Waals surface area (Å²) in [5.41, 5.74) is 2.36. The van der Waals surface area contributed by atoms with Crippen molar-refractivity contribution in [3.63, 3.8) is 0 Å². The summed E-state index contributed by atoms with van der Waals surface area (Å²) in [4.78, 5) is 27.7. The van der Waals surface area contributed by atoms with Gasteiger partial charge in [-0.05, 0) is 50.0 Å². The van der Waals surface area contributed by atoms with Gasteiger partial charge in [0.05, 0.1) is 11.3 Å². The molecule has 160 valence electrons. The first-order valence-electron chi connectivity index (χ1n) is 10.6. The number of benzene rings is 2. The fourth-order valence-electron chi connectivity index (χ4n) is 3.73. The van der Waals surface area contributed by atoms with E-state index in [2.05, 4.69) is 39.8 Å². The molecule has 0 spiro atoms. The zero-order valence-corrected chi connectivity index (χ0v) is 17.6. The van der Waals surface area contributed by atoms with Gasteiger partial charge < -0.3 is 15.4 Å². The first kappa shape index (κ1) is 22.0. The molecule has 1 aliphatic heterocycles. The highest BCUT2D eigenvalue weighted by Gasteiger charge is 2.26. The molecule has 0 radical (unpaired) electrons. The van der Waals surface area contributed by atoms with Gasteiger partial charge in [0.15, 0.2) is 0 Å². The van der Waals surface area contributed by atoms with E-state index < -0.39 is 0 Å². The van der Waals surface area contributed by atoms with Crippen LogP contribution >= 0.6 is 0 Å². The minimum absolute atomic E-state index is 0.00556. The first-order valence-corrected chi connectivity index (χ1v) is 10.6. The molecule has 2 amide bonds. The lowest BCUT2D eigenvalue weighted by Gasteiger charge is -2.31. The number of anilines is 1. The maximum absolute atomic E-state index is 12.8. The molecular formula is C24H31N3O3. The van der Waals surface area contributed by atoms with Crippen LogP contribution in [0.2, 0.25) is 0 Å². The Morgan fingerprint density at radius 3 is 2.47 bits per heavy atom. The first-order chi connectivity index (χ1) is 14.7. The maximum Gasteiger partial charge on any atom is 0.253 e. The summed E-state index contributed by atoms with van der Waals surface area (Å²) < 4.78 is 5.00. The highest BCUT2D eigenvalue weighted by Crippen LogP contribution is 2.22. The summed E-state index contributed by atoms with van der Waals surface area (Å²) in [6.45, 7) is 3.85. The molecule has 2 N–H and O–H groups in total. The number of hydrogen-bond donors (Lipinski definition) is 2. The summed E-state index contributed by atoms with van der Waals surface area (Å²) in [6.07, 6.45) is 2.40. The minimum Gasteiger partial charge on any atom is -0.385 e. The van der Waals surface area contributed by atoms with Gasteiger partial charge in [-0.2, -0.15) is 0 Å². The summed E-state index contributed by atoms with van der Waals surface area (Å²) >= 11 is 0. The van der Waals surface area contributed by atoms with Crippen molar-refractivity contribution in [2.24, 2.45) is 5.92 Å². The van der Waals surface area contributed by atoms with E-state index in [0.717, 1.165) is 38.9 Å². The van der Waals surface area contributed by atoms with Crippen LogP contribution in [0.3, 0.4) is 0 Å². The second kappa shape index (κ2) is 11.5. The Hall–Kier alpha value is -2.70. The van der Waals surface area contributed by atoms with Crippen molar-refractivity contribution in [3.8, 4) is 0 Å². The molecule has 0 saturated carbocycles. The molecule has 0 atom stereocenters. The van der Waals surface area contributed by atoms with Crippen molar-refractivity contribution < 1.29 is 14.3 Å². The number of methoxy groups -OCH3 is 1. The molecule has 0 bridgehead atoms. The van der Waals surface area contributed by atoms with E-state index in [9.17, 15) is 9.59 Å². The number of amides is 2. The molecule has 1 aliphatic rings. The molecule has 6 heteroatoms. The second-order valence-corrected chi connectivity index (χ2v) is 7.67. The molecule has 1 heterocycles. The Kier molecular flexibility index (Phi) is 8.41. The Labute approximate surface area is 178 Å². The highest BCUT2D eigenvalue weighted by molar-refractivity contribution is 6.04. The average molecular weight is 410 g/mol. The number of carbonyl (C=O) groups excluding carboxylic acids is 2. The van der Waals surface area contributed by atoms with Gasteiger partial charge in [-0.3, -0.25) is 14.5 Å². The number of nitrogens with zero attached hydrogens (tertiary/aromatic N) is 1. The fraction of sp³-hybridized carbons (Fsp3) is 0.417. The highest BCUT2D eigenvalue weighted by atomic mass is 16.5. The monoisotopic (exact) mass is 409 g/mol. The fourth-order valence-corrected chi connectivity index (χ4v) is 3.73. The predicted octanol–water partition coefficient (Wildman–Crippen LogP) is 3.30. The van der Waals surface area contributed by atoms with Gasteiger partial charge in [-0.1, -0.05) is 42.5 Å². The van der Waals surface area contributed by atoms with Crippen LogP contribution in [-0.4, -0.2) is 50.1 Å². The van der Waals surface area contributed by atoms with Crippen molar-refractivity contribution in [2.45, 2.75) is 25.8 Å². The molecule has 6 nitrogen and oxygen atoms in total. The summed E-state index contributed by atoms with van der Waals surface area (Å²) in [7, 11) is 1.64. The molecule has 0 aromatic heterocycles. The van der Waals surface area contributed by atoms with Crippen LogP contribution in [0.4, 0.5) is 5.69 Å². The SMILES string of the molecule is COCCCNC(=O)c1ccccc1NC(=O)C1CCN(Cc2ccccc2)CC1. The topological polar surface area (TPSA) is 70.7 Å². The molecule has 1 fully saturated rings. The predicted molar refractivity (Wildman–Crippen MR) is 118 cm³/mol. The number of ether oxygens (including phenoxy) is 1. The van der Waals surface area contributed by atoms with E-state index in [-0.39, 0.29) is 17.7 Å². The van der Waals surface area contributed by atoms with E-state index in [4.69, 9.17) is 4.74 Å². The molecule has 0 unspecified atom stereocenters. The van der Waals surface area contributed by atoms with Gasteiger partial charge in [0, 0.05) is 32.7 Å². The number of hydrogen-bond acceptors (Lipinski definition) is 4. The second-order valence-electron chi connectivity index (χ2n) is 7.67. The number of rotatable bonds is 9. The van der Waals surface area contributed by atoms with Crippen LogP contribution in [0.15, 0.2) is 54.6 Å². The van der Waals surface area contributed by atoms with Crippen molar-refractivity contribution in [1.82, 2.24) is 10.2 Å². The lowest BCUT2D eigenvalue weighted by Crippen LogP contribution is -2.38. The van der Waals surface area contributed by atoms with Gasteiger partial charge in [0.1, 0.15) is 0 Å². The third-order valence-electron chi connectivity index (χ3n) is 5.45. The third kappa shape index (κ3) is 6.40. The van der Waals surface area contributed by atoms with E-state index in [1.807, 2.05) is 18.2 Å². The van der Waals surface area contributed by atoms with E-state index in [0.29, 0.717) is 24.4 Å². The van der Waals surface area contributed by atoms with Crippen molar-refractivity contribution in [2.75, 3.05) is 38.7 Å². The number of carbonyl (C=O) groups is 2. The largest absolute Gasteiger partial charge is 0.385 e. The Balaban J connectivity index is 1.51. The van der Waals surface area contributed by atoms with Crippen LogP contribution in [0, 0.1) is 5.92 Å². The lowest BCUT2D eigenvalue weighted by molar-refractivity contribution is -0.121. The molecule has 1 saturated heterocycles. The van der Waals surface area contributed by atoms with Crippen LogP contribution < -0.4 is 10.6 Å². The van der Waals surface area contributed by atoms with Gasteiger partial charge in [0.25, 0.3) is 5.91 Å². The normalized spacial score (nSPS) is 15.0. The Morgan fingerprint density at radius 1 is 1.03 bits per heavy atom. The number of likely N-dealkylation sites (tertiary alicyclic amines) is 1. The summed E-state index contributed by atoms with van der Waals surface area (Å²) in [5.74, 6) is -0.219. The standard InChI is InChI=1S/C24H31N3O3/c1-30-17-7-14-25-24(29)21-10-5-6-11-22(21)26-23(28)20-12-15-27(16-13-20)18-19-8-3-2-4-9-19/h2-6,8-11,20H,7,12-18H2,1H3,(H,25,29)(H,26,28). The van der Waals surface area contributed by atoms with E-state index in [1.165, 1.54) is 5.56 Å². The molecule has 2 aromatic rings. The molecular weight excluding hydrogens is 378 g/mol. The molecule has 30 heavy (non-hydrogen) atoms. The number of piperidine rings is 1. The van der Waals surface area contributed by atoms with Crippen LogP contribution in [0.1, 0.15) is 35.2 Å². The Bertz CT molecular complexity index is 817. The smallest absolute Gasteiger partial charge is 0.253 e. The summed E-state index contributed by atoms with van der Waals surface area (Å²) in [6, 6.07) is 17.6. The van der Waals surface area contributed by atoms with Gasteiger partial charge in [0.2, 0.25) is 5.91 Å².